The molecule has 41 heavy (non-hydrogen) atoms. The van der Waals surface area contributed by atoms with Crippen LogP contribution in [-0.2, 0) is 19.1 Å². The fourth-order valence-electron chi connectivity index (χ4n) is 6.97. The maximum atomic E-state index is 14.9. The Morgan fingerprint density at radius 1 is 1.20 bits per heavy atom. The molecule has 3 aliphatic heterocycles. The first-order valence-electron chi connectivity index (χ1n) is 13.9. The van der Waals surface area contributed by atoms with Crippen LogP contribution in [0.15, 0.2) is 79.9 Å². The minimum Gasteiger partial charge on any atom is -0.465 e. The maximum Gasteiger partial charge on any atom is 0.310 e. The van der Waals surface area contributed by atoms with E-state index in [4.69, 9.17) is 16.3 Å². The molecule has 1 N–H and O–H groups in total. The lowest BCUT2D eigenvalue weighted by molar-refractivity contribution is -0.154. The van der Waals surface area contributed by atoms with Gasteiger partial charge in [-0.15, -0.1) is 24.9 Å². The van der Waals surface area contributed by atoms with Crippen molar-refractivity contribution in [3.05, 3.63) is 90.5 Å². The largest absolute Gasteiger partial charge is 0.465 e. The number of carbonyl (C=O) groups is 3. The topological polar surface area (TPSA) is 87.1 Å². The maximum absolute atomic E-state index is 14.9. The van der Waals surface area contributed by atoms with Crippen molar-refractivity contribution in [3.8, 4) is 0 Å². The van der Waals surface area contributed by atoms with Crippen molar-refractivity contribution >= 4 is 46.8 Å². The van der Waals surface area contributed by atoms with E-state index in [0.717, 1.165) is 0 Å². The van der Waals surface area contributed by atoms with Crippen LogP contribution in [0.1, 0.15) is 31.4 Å². The number of benzene rings is 2. The van der Waals surface area contributed by atoms with Gasteiger partial charge in [-0.25, -0.2) is 0 Å². The van der Waals surface area contributed by atoms with Crippen LogP contribution in [0.25, 0.3) is 0 Å². The summed E-state index contributed by atoms with van der Waals surface area (Å²) < 4.78 is 4.73. The molecule has 0 saturated carbocycles. The number of nitrogens with zero attached hydrogens (tertiary/aromatic N) is 2. The van der Waals surface area contributed by atoms with Crippen LogP contribution < -0.4 is 4.90 Å². The van der Waals surface area contributed by atoms with E-state index in [1.807, 2.05) is 30.3 Å². The molecular formula is C32H35ClN2O5S. The van der Waals surface area contributed by atoms with Gasteiger partial charge < -0.3 is 19.6 Å². The molecule has 2 aromatic carbocycles. The normalized spacial score (nSPS) is 28.7. The standard InChI is InChI=1S/C32H35ClN2O5S/c1-4-6-17-40-31(39)26-25-18-20(3)32(41-25)27(26)29(37)35(24(19-36)21-12-8-7-9-13-21)28(32)30(38)34(16-5-2)23-15-11-10-14-22(23)33/h4-5,7-15,20,24-28,36H,1-2,6,16-19H2,3H3/t20?,24-,25-,26+,27+,28?,32?/m1/s1. The van der Waals surface area contributed by atoms with Gasteiger partial charge in [-0.05, 0) is 36.5 Å². The van der Waals surface area contributed by atoms with Crippen molar-refractivity contribution in [2.75, 3.05) is 24.7 Å². The zero-order valence-corrected chi connectivity index (χ0v) is 24.6. The Kier molecular flexibility index (Phi) is 8.64. The highest BCUT2D eigenvalue weighted by molar-refractivity contribution is 8.02. The second-order valence-electron chi connectivity index (χ2n) is 10.8. The predicted octanol–water partition coefficient (Wildman–Crippen LogP) is 5.05. The van der Waals surface area contributed by atoms with Crippen molar-refractivity contribution in [2.24, 2.45) is 17.8 Å². The number of carbonyl (C=O) groups excluding carboxylic acids is 3. The van der Waals surface area contributed by atoms with E-state index in [0.29, 0.717) is 29.1 Å². The summed E-state index contributed by atoms with van der Waals surface area (Å²) in [5.41, 5.74) is 1.22. The third kappa shape index (κ3) is 4.80. The molecule has 3 unspecified atom stereocenters. The van der Waals surface area contributed by atoms with Gasteiger partial charge in [0, 0.05) is 11.8 Å². The number of rotatable bonds is 11. The number of esters is 1. The molecule has 2 bridgehead atoms. The summed E-state index contributed by atoms with van der Waals surface area (Å²) in [6.45, 7) is 9.59. The number of aliphatic hydroxyl groups is 1. The van der Waals surface area contributed by atoms with E-state index in [1.165, 1.54) is 0 Å². The highest BCUT2D eigenvalue weighted by atomic mass is 35.5. The molecule has 7 nitrogen and oxygen atoms in total. The first-order chi connectivity index (χ1) is 19.8. The van der Waals surface area contributed by atoms with Crippen LogP contribution in [0.3, 0.4) is 0 Å². The third-order valence-electron chi connectivity index (χ3n) is 8.67. The van der Waals surface area contributed by atoms with Gasteiger partial charge in [0.1, 0.15) is 6.04 Å². The molecule has 216 valence electrons. The van der Waals surface area contributed by atoms with E-state index in [-0.39, 0.29) is 42.7 Å². The number of halogens is 1. The van der Waals surface area contributed by atoms with Crippen LogP contribution in [-0.4, -0.2) is 63.6 Å². The Hall–Kier alpha value is -3.07. The highest BCUT2D eigenvalue weighted by Gasteiger charge is 2.77. The number of hydrogen-bond donors (Lipinski definition) is 1. The molecule has 0 aliphatic carbocycles. The summed E-state index contributed by atoms with van der Waals surface area (Å²) in [5, 5.41) is 11.0. The summed E-state index contributed by atoms with van der Waals surface area (Å²) in [6, 6.07) is 14.6. The summed E-state index contributed by atoms with van der Waals surface area (Å²) in [6.07, 6.45) is 4.49. The minimum absolute atomic E-state index is 0.0467. The number of likely N-dealkylation sites (tertiary alicyclic amines) is 1. The Morgan fingerprint density at radius 3 is 2.56 bits per heavy atom. The molecule has 7 atom stereocenters. The Balaban J connectivity index is 1.65. The summed E-state index contributed by atoms with van der Waals surface area (Å²) in [5.74, 6) is -2.54. The molecule has 2 amide bonds. The van der Waals surface area contributed by atoms with Crippen LogP contribution >= 0.6 is 23.4 Å². The number of amides is 2. The molecule has 3 saturated heterocycles. The lowest BCUT2D eigenvalue weighted by Gasteiger charge is -2.42. The first kappa shape index (κ1) is 29.4. The van der Waals surface area contributed by atoms with Gasteiger partial charge in [0.05, 0.1) is 46.5 Å². The van der Waals surface area contributed by atoms with Gasteiger partial charge in [0.15, 0.2) is 0 Å². The van der Waals surface area contributed by atoms with Gasteiger partial charge >= 0.3 is 5.97 Å². The van der Waals surface area contributed by atoms with Crippen LogP contribution in [0.5, 0.6) is 0 Å². The van der Waals surface area contributed by atoms with Crippen LogP contribution in [0, 0.1) is 17.8 Å². The second-order valence-corrected chi connectivity index (χ2v) is 12.8. The van der Waals surface area contributed by atoms with Gasteiger partial charge in [-0.1, -0.05) is 73.1 Å². The monoisotopic (exact) mass is 594 g/mol. The average molecular weight is 595 g/mol. The average Bonchev–Trinajstić information content (AvgIpc) is 3.57. The van der Waals surface area contributed by atoms with Crippen molar-refractivity contribution in [1.29, 1.82) is 0 Å². The molecule has 3 fully saturated rings. The molecule has 2 aromatic rings. The molecule has 9 heteroatoms. The van der Waals surface area contributed by atoms with Crippen molar-refractivity contribution < 1.29 is 24.2 Å². The van der Waals surface area contributed by atoms with Crippen LogP contribution in [0.2, 0.25) is 5.02 Å². The number of aliphatic hydroxyl groups excluding tert-OH is 1. The third-order valence-corrected chi connectivity index (χ3v) is 11.1. The molecule has 1 spiro atoms. The fraction of sp³-hybridized carbons (Fsp3) is 0.406. The Labute approximate surface area is 250 Å². The highest BCUT2D eigenvalue weighted by Crippen LogP contribution is 2.69. The number of hydrogen-bond acceptors (Lipinski definition) is 6. The van der Waals surface area contributed by atoms with Crippen molar-refractivity contribution in [3.63, 3.8) is 0 Å². The lowest BCUT2D eigenvalue weighted by atomic mass is 9.66. The van der Waals surface area contributed by atoms with E-state index in [2.05, 4.69) is 20.1 Å². The number of thioether (sulfide) groups is 1. The summed E-state index contributed by atoms with van der Waals surface area (Å²) in [7, 11) is 0. The first-order valence-corrected chi connectivity index (χ1v) is 15.2. The molecule has 3 heterocycles. The lowest BCUT2D eigenvalue weighted by Crippen LogP contribution is -2.58. The van der Waals surface area contributed by atoms with Gasteiger partial charge in [0.25, 0.3) is 5.91 Å². The van der Waals surface area contributed by atoms with Gasteiger partial charge in [0.2, 0.25) is 5.91 Å². The Bertz CT molecular complexity index is 1340. The predicted molar refractivity (Wildman–Crippen MR) is 162 cm³/mol. The SMILES string of the molecule is C=CCCOC(=O)[C@@H]1[C@H]2C(=O)N([C@H](CO)c3ccccc3)C(C(=O)N(CC=C)c3ccccc3Cl)C23S[C@@H]1CC3C. The molecule has 0 aromatic heterocycles. The number of ether oxygens (including phenoxy) is 1. The zero-order valence-electron chi connectivity index (χ0n) is 23.0. The van der Waals surface area contributed by atoms with Gasteiger partial charge in [-0.2, -0.15) is 0 Å². The molecule has 5 rings (SSSR count). The minimum atomic E-state index is -0.954. The molecular weight excluding hydrogens is 560 g/mol. The number of anilines is 1. The summed E-state index contributed by atoms with van der Waals surface area (Å²) in [4.78, 5) is 46.0. The smallest absolute Gasteiger partial charge is 0.310 e. The van der Waals surface area contributed by atoms with Crippen LogP contribution in [0.4, 0.5) is 5.69 Å². The number of fused-ring (bicyclic) bond motifs is 1. The Morgan fingerprint density at radius 2 is 1.90 bits per heavy atom. The molecule has 3 aliphatic rings. The fourth-order valence-corrected chi connectivity index (χ4v) is 9.59. The number of para-hydroxylation sites is 1. The van der Waals surface area contributed by atoms with E-state index >= 15 is 0 Å². The second kappa shape index (κ2) is 12.0. The van der Waals surface area contributed by atoms with E-state index in [9.17, 15) is 19.5 Å². The van der Waals surface area contributed by atoms with E-state index < -0.39 is 34.6 Å². The van der Waals surface area contributed by atoms with Crippen molar-refractivity contribution in [2.45, 2.75) is 41.8 Å². The van der Waals surface area contributed by atoms with Crippen molar-refractivity contribution in [1.82, 2.24) is 4.90 Å². The molecule has 0 radical (unpaired) electrons. The quantitative estimate of drug-likeness (QED) is 0.223. The summed E-state index contributed by atoms with van der Waals surface area (Å²) >= 11 is 8.14. The zero-order chi connectivity index (χ0) is 29.3. The van der Waals surface area contributed by atoms with Gasteiger partial charge in [-0.3, -0.25) is 14.4 Å². The van der Waals surface area contributed by atoms with E-state index in [1.54, 1.807) is 58.0 Å².